The number of halogens is 2. The Morgan fingerprint density at radius 2 is 2.00 bits per heavy atom. The summed E-state index contributed by atoms with van der Waals surface area (Å²) in [6.07, 6.45) is 0.706. The van der Waals surface area contributed by atoms with Gasteiger partial charge in [0, 0.05) is 10.4 Å². The Morgan fingerprint density at radius 1 is 1.27 bits per heavy atom. The number of carbonyl (C=O) groups is 1. The van der Waals surface area contributed by atoms with Gasteiger partial charge in [0.2, 0.25) is 0 Å². The fourth-order valence-electron chi connectivity index (χ4n) is 1.50. The zero-order valence-electron chi connectivity index (χ0n) is 7.92. The minimum absolute atomic E-state index is 0.379. The van der Waals surface area contributed by atoms with Crippen LogP contribution in [0.25, 0.3) is 10.9 Å². The number of rotatable bonds is 1. The van der Waals surface area contributed by atoms with Gasteiger partial charge in [0.1, 0.15) is 5.69 Å². The largest absolute Gasteiger partial charge is 0.296 e. The number of aldehydes is 1. The molecule has 0 unspecified atom stereocenters. The maximum absolute atomic E-state index is 10.6. The minimum atomic E-state index is 0.379. The molecule has 0 atom stereocenters. The van der Waals surface area contributed by atoms with E-state index in [0.717, 1.165) is 10.9 Å². The lowest BCUT2D eigenvalue weighted by molar-refractivity contribution is 0.111. The molecule has 0 N–H and O–H groups in total. The standard InChI is InChI=1S/C11H7Cl2NO/c1-6-2-8(5-15)14-11-9(6)3-7(12)4-10(11)13/h2-5H,1H3. The number of carbonyl (C=O) groups excluding carboxylic acids is 1. The number of hydrogen-bond donors (Lipinski definition) is 0. The highest BCUT2D eigenvalue weighted by molar-refractivity contribution is 6.38. The van der Waals surface area contributed by atoms with E-state index in [1.165, 1.54) is 0 Å². The second kappa shape index (κ2) is 3.80. The Kier molecular flexibility index (Phi) is 2.63. The first-order valence-corrected chi connectivity index (χ1v) is 5.09. The molecule has 1 aromatic heterocycles. The van der Waals surface area contributed by atoms with Gasteiger partial charge in [-0.05, 0) is 30.7 Å². The molecule has 0 radical (unpaired) electrons. The predicted octanol–water partition coefficient (Wildman–Crippen LogP) is 3.66. The number of fused-ring (bicyclic) bond motifs is 1. The monoisotopic (exact) mass is 239 g/mol. The lowest BCUT2D eigenvalue weighted by atomic mass is 10.1. The second-order valence-corrected chi connectivity index (χ2v) is 4.11. The fourth-order valence-corrected chi connectivity index (χ4v) is 2.04. The van der Waals surface area contributed by atoms with Crippen LogP contribution in [0.4, 0.5) is 0 Å². The number of hydrogen-bond acceptors (Lipinski definition) is 2. The van der Waals surface area contributed by atoms with E-state index in [4.69, 9.17) is 23.2 Å². The predicted molar refractivity (Wildman–Crippen MR) is 61.9 cm³/mol. The second-order valence-electron chi connectivity index (χ2n) is 3.27. The lowest BCUT2D eigenvalue weighted by Crippen LogP contribution is -1.91. The van der Waals surface area contributed by atoms with Crippen LogP contribution in [-0.4, -0.2) is 11.3 Å². The summed E-state index contributed by atoms with van der Waals surface area (Å²) in [6.45, 7) is 1.89. The number of pyridine rings is 1. The maximum atomic E-state index is 10.6. The van der Waals surface area contributed by atoms with Gasteiger partial charge in [0.15, 0.2) is 6.29 Å². The number of aromatic nitrogens is 1. The molecular weight excluding hydrogens is 233 g/mol. The molecular formula is C11H7Cl2NO. The first-order chi connectivity index (χ1) is 7.11. The third-order valence-electron chi connectivity index (χ3n) is 2.18. The summed E-state index contributed by atoms with van der Waals surface area (Å²) in [5.74, 6) is 0. The van der Waals surface area contributed by atoms with Crippen LogP contribution in [0.2, 0.25) is 10.0 Å². The normalized spacial score (nSPS) is 10.6. The Morgan fingerprint density at radius 3 is 2.67 bits per heavy atom. The highest BCUT2D eigenvalue weighted by atomic mass is 35.5. The van der Waals surface area contributed by atoms with Crippen molar-refractivity contribution < 1.29 is 4.79 Å². The van der Waals surface area contributed by atoms with Crippen molar-refractivity contribution in [1.82, 2.24) is 4.98 Å². The van der Waals surface area contributed by atoms with Gasteiger partial charge in [-0.3, -0.25) is 4.79 Å². The molecule has 2 nitrogen and oxygen atoms in total. The molecule has 0 fully saturated rings. The molecule has 76 valence electrons. The van der Waals surface area contributed by atoms with Gasteiger partial charge in [-0.15, -0.1) is 0 Å². The zero-order valence-corrected chi connectivity index (χ0v) is 9.43. The van der Waals surface area contributed by atoms with Crippen molar-refractivity contribution >= 4 is 40.4 Å². The smallest absolute Gasteiger partial charge is 0.168 e. The summed E-state index contributed by atoms with van der Waals surface area (Å²) < 4.78 is 0. The Hall–Kier alpha value is -1.12. The number of nitrogens with zero attached hydrogens (tertiary/aromatic N) is 1. The molecule has 0 saturated carbocycles. The van der Waals surface area contributed by atoms with E-state index in [1.54, 1.807) is 18.2 Å². The summed E-state index contributed by atoms with van der Waals surface area (Å²) in [5, 5.41) is 1.90. The molecule has 0 aliphatic heterocycles. The van der Waals surface area contributed by atoms with Crippen LogP contribution in [0.1, 0.15) is 16.1 Å². The lowest BCUT2D eigenvalue weighted by Gasteiger charge is -2.05. The van der Waals surface area contributed by atoms with Crippen molar-refractivity contribution in [3.05, 3.63) is 39.5 Å². The van der Waals surface area contributed by atoms with E-state index >= 15 is 0 Å². The maximum Gasteiger partial charge on any atom is 0.168 e. The zero-order chi connectivity index (χ0) is 11.0. The van der Waals surface area contributed by atoms with E-state index < -0.39 is 0 Å². The molecule has 1 heterocycles. The van der Waals surface area contributed by atoms with Crippen LogP contribution >= 0.6 is 23.2 Å². The van der Waals surface area contributed by atoms with Crippen molar-refractivity contribution in [3.8, 4) is 0 Å². The van der Waals surface area contributed by atoms with Gasteiger partial charge >= 0.3 is 0 Å². The van der Waals surface area contributed by atoms with E-state index in [-0.39, 0.29) is 0 Å². The van der Waals surface area contributed by atoms with Gasteiger partial charge in [0.25, 0.3) is 0 Å². The van der Waals surface area contributed by atoms with E-state index in [9.17, 15) is 4.79 Å². The third kappa shape index (κ3) is 1.83. The van der Waals surface area contributed by atoms with Gasteiger partial charge in [0.05, 0.1) is 10.5 Å². The van der Waals surface area contributed by atoms with Crippen LogP contribution in [0.15, 0.2) is 18.2 Å². The van der Waals surface area contributed by atoms with E-state index in [0.29, 0.717) is 27.5 Å². The van der Waals surface area contributed by atoms with Gasteiger partial charge in [-0.1, -0.05) is 23.2 Å². The molecule has 0 spiro atoms. The number of benzene rings is 1. The molecule has 0 saturated heterocycles. The first kappa shape index (κ1) is 10.4. The summed E-state index contributed by atoms with van der Waals surface area (Å²) in [5.41, 5.74) is 1.93. The Labute approximate surface area is 96.8 Å². The van der Waals surface area contributed by atoms with Gasteiger partial charge < -0.3 is 0 Å². The first-order valence-electron chi connectivity index (χ1n) is 4.33. The average Bonchev–Trinajstić information content (AvgIpc) is 2.19. The summed E-state index contributed by atoms with van der Waals surface area (Å²) in [4.78, 5) is 14.8. The molecule has 1 aromatic carbocycles. The molecule has 2 rings (SSSR count). The average molecular weight is 240 g/mol. The van der Waals surface area contributed by atoms with Gasteiger partial charge in [-0.2, -0.15) is 0 Å². The van der Waals surface area contributed by atoms with Crippen molar-refractivity contribution in [1.29, 1.82) is 0 Å². The van der Waals surface area contributed by atoms with Crippen LogP contribution in [0, 0.1) is 6.92 Å². The highest BCUT2D eigenvalue weighted by Gasteiger charge is 2.07. The minimum Gasteiger partial charge on any atom is -0.296 e. The van der Waals surface area contributed by atoms with Crippen molar-refractivity contribution in [2.24, 2.45) is 0 Å². The fraction of sp³-hybridized carbons (Fsp3) is 0.0909. The van der Waals surface area contributed by atoms with Gasteiger partial charge in [-0.25, -0.2) is 4.98 Å². The van der Waals surface area contributed by atoms with Crippen LogP contribution in [0.5, 0.6) is 0 Å². The summed E-state index contributed by atoms with van der Waals surface area (Å²) in [6, 6.07) is 5.12. The molecule has 0 bridgehead atoms. The van der Waals surface area contributed by atoms with E-state index in [1.807, 2.05) is 6.92 Å². The quantitative estimate of drug-likeness (QED) is 0.712. The SMILES string of the molecule is Cc1cc(C=O)nc2c(Cl)cc(Cl)cc12. The van der Waals surface area contributed by atoms with Crippen LogP contribution in [0.3, 0.4) is 0 Å². The van der Waals surface area contributed by atoms with Crippen molar-refractivity contribution in [3.63, 3.8) is 0 Å². The molecule has 4 heteroatoms. The topological polar surface area (TPSA) is 30.0 Å². The highest BCUT2D eigenvalue weighted by Crippen LogP contribution is 2.28. The van der Waals surface area contributed by atoms with Crippen molar-refractivity contribution in [2.45, 2.75) is 6.92 Å². The third-order valence-corrected chi connectivity index (χ3v) is 2.69. The molecule has 0 aliphatic carbocycles. The van der Waals surface area contributed by atoms with Crippen LogP contribution < -0.4 is 0 Å². The Balaban J connectivity index is 2.91. The summed E-state index contributed by atoms with van der Waals surface area (Å²) in [7, 11) is 0. The molecule has 0 aliphatic rings. The van der Waals surface area contributed by atoms with Crippen molar-refractivity contribution in [2.75, 3.05) is 0 Å². The summed E-state index contributed by atoms with van der Waals surface area (Å²) >= 11 is 11.9. The van der Waals surface area contributed by atoms with Crippen LogP contribution in [-0.2, 0) is 0 Å². The molecule has 2 aromatic rings. The number of aryl methyl sites for hydroxylation is 1. The van der Waals surface area contributed by atoms with E-state index in [2.05, 4.69) is 4.98 Å². The molecule has 15 heavy (non-hydrogen) atoms. The Bertz CT molecular complexity index is 552. The molecule has 0 amide bonds.